The highest BCUT2D eigenvalue weighted by atomic mass is 15.3. The molecule has 1 fully saturated rings. The predicted octanol–water partition coefficient (Wildman–Crippen LogP) is 4.13. The quantitative estimate of drug-likeness (QED) is 0.723. The molecule has 0 aliphatic heterocycles. The molecule has 0 N–H and O–H groups in total. The highest BCUT2D eigenvalue weighted by Gasteiger charge is 2.46. The minimum absolute atomic E-state index is 0.247. The number of hydrogen-bond acceptors (Lipinski definition) is 3. The van der Waals surface area contributed by atoms with E-state index in [-0.39, 0.29) is 5.92 Å². The third-order valence-corrected chi connectivity index (χ3v) is 5.46. The summed E-state index contributed by atoms with van der Waals surface area (Å²) in [5.41, 5.74) is 1.53. The number of rotatable bonds is 4. The molecule has 4 rings (SSSR count). The van der Waals surface area contributed by atoms with E-state index < -0.39 is 5.41 Å². The number of hydrogen-bond donors (Lipinski definition) is 0. The zero-order valence-electron chi connectivity index (χ0n) is 14.0. The van der Waals surface area contributed by atoms with Gasteiger partial charge in [-0.15, -0.1) is 0 Å². The highest BCUT2D eigenvalue weighted by Crippen LogP contribution is 2.49. The van der Waals surface area contributed by atoms with Gasteiger partial charge in [-0.25, -0.2) is 9.67 Å². The van der Waals surface area contributed by atoms with Gasteiger partial charge in [0.15, 0.2) is 0 Å². The summed E-state index contributed by atoms with van der Waals surface area (Å²) in [5, 5.41) is 14.7. The second-order valence-electron chi connectivity index (χ2n) is 6.69. The summed E-state index contributed by atoms with van der Waals surface area (Å²) in [6.07, 6.45) is 6.32. The van der Waals surface area contributed by atoms with Crippen LogP contribution < -0.4 is 0 Å². The van der Waals surface area contributed by atoms with Gasteiger partial charge in [0.1, 0.15) is 18.1 Å². The Hall–Kier alpha value is -2.93. The van der Waals surface area contributed by atoms with Gasteiger partial charge in [0.2, 0.25) is 0 Å². The zero-order chi connectivity index (χ0) is 17.1. The molecular weight excluding hydrogens is 308 g/mol. The number of aromatic nitrogens is 3. The second kappa shape index (κ2) is 6.52. The first-order valence-corrected chi connectivity index (χ1v) is 8.71. The summed E-state index contributed by atoms with van der Waals surface area (Å²) >= 11 is 0. The van der Waals surface area contributed by atoms with Crippen LogP contribution in [0.25, 0.3) is 0 Å². The minimum Gasteiger partial charge on any atom is -0.250 e. The van der Waals surface area contributed by atoms with Gasteiger partial charge in [-0.05, 0) is 36.3 Å². The first-order chi connectivity index (χ1) is 12.3. The largest absolute Gasteiger partial charge is 0.250 e. The van der Waals surface area contributed by atoms with Crippen molar-refractivity contribution in [2.45, 2.75) is 30.7 Å². The summed E-state index contributed by atoms with van der Waals surface area (Å²) in [6.45, 7) is 0. The van der Waals surface area contributed by atoms with Crippen molar-refractivity contribution in [1.82, 2.24) is 14.8 Å². The van der Waals surface area contributed by atoms with Crippen molar-refractivity contribution in [2.24, 2.45) is 5.92 Å². The van der Waals surface area contributed by atoms with Crippen LogP contribution in [0.4, 0.5) is 0 Å². The van der Waals surface area contributed by atoms with E-state index >= 15 is 0 Å². The van der Waals surface area contributed by atoms with Crippen molar-refractivity contribution in [3.8, 4) is 6.07 Å². The van der Waals surface area contributed by atoms with Crippen molar-refractivity contribution in [1.29, 1.82) is 5.26 Å². The van der Waals surface area contributed by atoms with Gasteiger partial charge >= 0.3 is 0 Å². The third kappa shape index (κ3) is 2.62. The molecule has 2 aromatic carbocycles. The monoisotopic (exact) mass is 328 g/mol. The summed E-state index contributed by atoms with van der Waals surface area (Å²) in [4.78, 5) is 4.08. The topological polar surface area (TPSA) is 54.5 Å². The Morgan fingerprint density at radius 3 is 2.12 bits per heavy atom. The maximum Gasteiger partial charge on any atom is 0.137 e. The van der Waals surface area contributed by atoms with Crippen molar-refractivity contribution in [3.05, 3.63) is 84.4 Å². The molecule has 3 aromatic rings. The Morgan fingerprint density at radius 1 is 0.960 bits per heavy atom. The van der Waals surface area contributed by atoms with Gasteiger partial charge in [0.25, 0.3) is 0 Å². The van der Waals surface area contributed by atoms with Crippen LogP contribution in [0, 0.1) is 17.2 Å². The fourth-order valence-electron chi connectivity index (χ4n) is 4.26. The van der Waals surface area contributed by atoms with Crippen molar-refractivity contribution in [3.63, 3.8) is 0 Å². The molecule has 0 amide bonds. The Kier molecular flexibility index (Phi) is 4.07. The molecule has 4 nitrogen and oxygen atoms in total. The van der Waals surface area contributed by atoms with Crippen LogP contribution in [0.3, 0.4) is 0 Å². The molecule has 1 aromatic heterocycles. The van der Waals surface area contributed by atoms with Gasteiger partial charge in [0.05, 0.1) is 12.1 Å². The maximum absolute atomic E-state index is 10.4. The Bertz CT molecular complexity index is 810. The van der Waals surface area contributed by atoms with Crippen LogP contribution in [0.5, 0.6) is 0 Å². The standard InChI is InChI=1S/C21H20N4/c22-14-21(17-7-3-1-4-8-17,18-9-5-2-6-10-18)19-11-12-20(13-19)25-16-23-15-24-25/h1-10,15-16,19-20H,11-13H2/t19-,20+/m0/s1. The Morgan fingerprint density at radius 2 is 1.60 bits per heavy atom. The van der Waals surface area contributed by atoms with Crippen LogP contribution in [0.1, 0.15) is 36.4 Å². The molecule has 1 saturated carbocycles. The highest BCUT2D eigenvalue weighted by molar-refractivity contribution is 5.47. The van der Waals surface area contributed by atoms with Crippen LogP contribution in [-0.2, 0) is 5.41 Å². The predicted molar refractivity (Wildman–Crippen MR) is 95.7 cm³/mol. The molecular formula is C21H20N4. The summed E-state index contributed by atoms with van der Waals surface area (Å²) in [7, 11) is 0. The lowest BCUT2D eigenvalue weighted by Crippen LogP contribution is -2.34. The summed E-state index contributed by atoms with van der Waals surface area (Å²) < 4.78 is 1.94. The number of nitrogens with zero attached hydrogens (tertiary/aromatic N) is 4. The lowest BCUT2D eigenvalue weighted by Gasteiger charge is -2.34. The average Bonchev–Trinajstić information content (AvgIpc) is 3.37. The van der Waals surface area contributed by atoms with E-state index in [4.69, 9.17) is 0 Å². The summed E-state index contributed by atoms with van der Waals surface area (Å²) in [6, 6.07) is 23.4. The second-order valence-corrected chi connectivity index (χ2v) is 6.69. The molecule has 0 saturated heterocycles. The van der Waals surface area contributed by atoms with Crippen LogP contribution in [-0.4, -0.2) is 14.8 Å². The molecule has 25 heavy (non-hydrogen) atoms. The molecule has 1 aliphatic carbocycles. The van der Waals surface area contributed by atoms with Gasteiger partial charge in [-0.2, -0.15) is 10.4 Å². The van der Waals surface area contributed by atoms with Crippen LogP contribution >= 0.6 is 0 Å². The SMILES string of the molecule is N#CC(c1ccccc1)(c1ccccc1)[C@H]1CC[C@@H](n2cncn2)C1. The van der Waals surface area contributed by atoms with E-state index in [1.807, 2.05) is 41.1 Å². The van der Waals surface area contributed by atoms with E-state index in [1.165, 1.54) is 0 Å². The van der Waals surface area contributed by atoms with Crippen LogP contribution in [0.15, 0.2) is 73.3 Å². The summed E-state index contributed by atoms with van der Waals surface area (Å²) in [5.74, 6) is 0.247. The lowest BCUT2D eigenvalue weighted by atomic mass is 9.66. The molecule has 0 bridgehead atoms. The fourth-order valence-corrected chi connectivity index (χ4v) is 4.26. The van der Waals surface area contributed by atoms with Crippen LogP contribution in [0.2, 0.25) is 0 Å². The first-order valence-electron chi connectivity index (χ1n) is 8.71. The van der Waals surface area contributed by atoms with E-state index in [9.17, 15) is 5.26 Å². The Balaban J connectivity index is 1.78. The molecule has 1 aliphatic rings. The lowest BCUT2D eigenvalue weighted by molar-refractivity contribution is 0.372. The van der Waals surface area contributed by atoms with Crippen molar-refractivity contribution < 1.29 is 0 Å². The van der Waals surface area contributed by atoms with Gasteiger partial charge in [-0.3, -0.25) is 0 Å². The average molecular weight is 328 g/mol. The molecule has 4 heteroatoms. The molecule has 124 valence electrons. The van der Waals surface area contributed by atoms with E-state index in [1.54, 1.807) is 12.7 Å². The molecule has 2 atom stereocenters. The van der Waals surface area contributed by atoms with Gasteiger partial charge in [0, 0.05) is 0 Å². The van der Waals surface area contributed by atoms with Crippen molar-refractivity contribution in [2.75, 3.05) is 0 Å². The molecule has 0 radical (unpaired) electrons. The van der Waals surface area contributed by atoms with E-state index in [2.05, 4.69) is 40.4 Å². The van der Waals surface area contributed by atoms with E-state index in [0.717, 1.165) is 30.4 Å². The minimum atomic E-state index is -0.627. The third-order valence-electron chi connectivity index (χ3n) is 5.46. The van der Waals surface area contributed by atoms with E-state index in [0.29, 0.717) is 6.04 Å². The van der Waals surface area contributed by atoms with Crippen molar-refractivity contribution >= 4 is 0 Å². The molecule has 0 spiro atoms. The first kappa shape index (κ1) is 15.6. The fraction of sp³-hybridized carbons (Fsp3) is 0.286. The smallest absolute Gasteiger partial charge is 0.137 e. The zero-order valence-corrected chi connectivity index (χ0v) is 14.0. The molecule has 1 heterocycles. The molecule has 0 unspecified atom stereocenters. The van der Waals surface area contributed by atoms with Gasteiger partial charge < -0.3 is 0 Å². The van der Waals surface area contributed by atoms with Gasteiger partial charge in [-0.1, -0.05) is 60.7 Å². The normalized spacial score (nSPS) is 20.3. The number of benzene rings is 2. The Labute approximate surface area is 147 Å². The maximum atomic E-state index is 10.4. The number of nitriles is 1.